The fourth-order valence-electron chi connectivity index (χ4n) is 2.04. The fourth-order valence-corrected chi connectivity index (χ4v) is 2.44. The van der Waals surface area contributed by atoms with Crippen molar-refractivity contribution in [3.8, 4) is 11.8 Å². The molecule has 0 aliphatic rings. The maximum atomic E-state index is 12.3. The standard InChI is InChI=1S/C17H14BrNO2/c1-21-16-7-5-12(6-8-16)14(11-19)10-17(20)13-3-2-4-15(18)9-13/h2-9,14H,10H2,1H3/t14-/m0/s1. The number of halogens is 1. The fraction of sp³-hybridized carbons (Fsp3) is 0.176. The Balaban J connectivity index is 2.15. The van der Waals surface area contributed by atoms with E-state index in [0.717, 1.165) is 15.8 Å². The van der Waals surface area contributed by atoms with E-state index in [1.165, 1.54) is 0 Å². The number of hydrogen-bond acceptors (Lipinski definition) is 3. The van der Waals surface area contributed by atoms with Gasteiger partial charge < -0.3 is 4.74 Å². The van der Waals surface area contributed by atoms with Crippen LogP contribution in [-0.2, 0) is 0 Å². The Bertz CT molecular complexity index is 674. The molecule has 21 heavy (non-hydrogen) atoms. The third-order valence-electron chi connectivity index (χ3n) is 3.21. The summed E-state index contributed by atoms with van der Waals surface area (Å²) in [5.74, 6) is 0.231. The molecule has 106 valence electrons. The van der Waals surface area contributed by atoms with Crippen molar-refractivity contribution in [3.63, 3.8) is 0 Å². The van der Waals surface area contributed by atoms with Gasteiger partial charge >= 0.3 is 0 Å². The average molecular weight is 344 g/mol. The van der Waals surface area contributed by atoms with Crippen molar-refractivity contribution in [2.45, 2.75) is 12.3 Å². The molecular weight excluding hydrogens is 330 g/mol. The number of ether oxygens (including phenoxy) is 1. The van der Waals surface area contributed by atoms with Gasteiger partial charge in [-0.3, -0.25) is 4.79 Å². The molecule has 0 heterocycles. The van der Waals surface area contributed by atoms with E-state index in [0.29, 0.717) is 5.56 Å². The molecule has 4 heteroatoms. The summed E-state index contributed by atoms with van der Waals surface area (Å²) in [4.78, 5) is 12.3. The molecule has 0 saturated carbocycles. The monoisotopic (exact) mass is 343 g/mol. The Morgan fingerprint density at radius 1 is 1.29 bits per heavy atom. The van der Waals surface area contributed by atoms with Crippen LogP contribution in [0, 0.1) is 11.3 Å². The van der Waals surface area contributed by atoms with Crippen molar-refractivity contribution in [3.05, 3.63) is 64.1 Å². The predicted molar refractivity (Wildman–Crippen MR) is 84.4 cm³/mol. The molecule has 0 fully saturated rings. The first-order valence-corrected chi connectivity index (χ1v) is 7.25. The molecular formula is C17H14BrNO2. The van der Waals surface area contributed by atoms with E-state index in [2.05, 4.69) is 22.0 Å². The Labute approximate surface area is 132 Å². The zero-order valence-electron chi connectivity index (χ0n) is 11.5. The quantitative estimate of drug-likeness (QED) is 0.758. The van der Waals surface area contributed by atoms with Crippen molar-refractivity contribution >= 4 is 21.7 Å². The second-order valence-corrected chi connectivity index (χ2v) is 5.51. The zero-order valence-corrected chi connectivity index (χ0v) is 13.1. The molecule has 0 unspecified atom stereocenters. The summed E-state index contributed by atoms with van der Waals surface area (Å²) in [7, 11) is 1.59. The van der Waals surface area contributed by atoms with Gasteiger partial charge in [0.25, 0.3) is 0 Å². The molecule has 2 rings (SSSR count). The van der Waals surface area contributed by atoms with Gasteiger partial charge in [0.1, 0.15) is 5.75 Å². The Kier molecular flexibility index (Phi) is 5.13. The summed E-state index contributed by atoms with van der Waals surface area (Å²) >= 11 is 3.34. The summed E-state index contributed by atoms with van der Waals surface area (Å²) in [6, 6.07) is 16.6. The van der Waals surface area contributed by atoms with Gasteiger partial charge in [-0.1, -0.05) is 40.2 Å². The molecule has 2 aromatic rings. The van der Waals surface area contributed by atoms with Crippen LogP contribution in [0.15, 0.2) is 53.0 Å². The van der Waals surface area contributed by atoms with E-state index in [-0.39, 0.29) is 12.2 Å². The molecule has 0 N–H and O–H groups in total. The van der Waals surface area contributed by atoms with E-state index in [1.54, 1.807) is 31.4 Å². The van der Waals surface area contributed by atoms with E-state index in [1.807, 2.05) is 24.3 Å². The third kappa shape index (κ3) is 3.93. The van der Waals surface area contributed by atoms with Gasteiger partial charge in [0.05, 0.1) is 19.1 Å². The van der Waals surface area contributed by atoms with Crippen LogP contribution in [0.25, 0.3) is 0 Å². The number of rotatable bonds is 5. The number of methoxy groups -OCH3 is 1. The van der Waals surface area contributed by atoms with Gasteiger partial charge in [0, 0.05) is 16.5 Å². The molecule has 0 saturated heterocycles. The predicted octanol–water partition coefficient (Wildman–Crippen LogP) is 4.34. The van der Waals surface area contributed by atoms with E-state index in [9.17, 15) is 10.1 Å². The van der Waals surface area contributed by atoms with Crippen LogP contribution in [0.1, 0.15) is 28.3 Å². The molecule has 2 aromatic carbocycles. The number of nitriles is 1. The van der Waals surface area contributed by atoms with Gasteiger partial charge in [0.15, 0.2) is 5.78 Å². The molecule has 0 amide bonds. The van der Waals surface area contributed by atoms with Crippen LogP contribution in [-0.4, -0.2) is 12.9 Å². The SMILES string of the molecule is COc1ccc([C@H](C#N)CC(=O)c2cccc(Br)c2)cc1. The normalized spacial score (nSPS) is 11.5. The van der Waals surface area contributed by atoms with Crippen molar-refractivity contribution in [2.24, 2.45) is 0 Å². The van der Waals surface area contributed by atoms with Crippen molar-refractivity contribution < 1.29 is 9.53 Å². The van der Waals surface area contributed by atoms with Crippen molar-refractivity contribution in [2.75, 3.05) is 7.11 Å². The van der Waals surface area contributed by atoms with Gasteiger partial charge in [-0.05, 0) is 29.8 Å². The summed E-state index contributed by atoms with van der Waals surface area (Å²) < 4.78 is 5.94. The second kappa shape index (κ2) is 7.05. The lowest BCUT2D eigenvalue weighted by atomic mass is 9.93. The molecule has 0 spiro atoms. The van der Waals surface area contributed by atoms with Crippen molar-refractivity contribution in [1.29, 1.82) is 5.26 Å². The molecule has 0 aromatic heterocycles. The molecule has 3 nitrogen and oxygen atoms in total. The number of Topliss-reactive ketones (excluding diaryl/α,β-unsaturated/α-hetero) is 1. The lowest BCUT2D eigenvalue weighted by Gasteiger charge is -2.10. The summed E-state index contributed by atoms with van der Waals surface area (Å²) in [5.41, 5.74) is 1.43. The van der Waals surface area contributed by atoms with Gasteiger partial charge in [-0.2, -0.15) is 5.26 Å². The molecule has 0 aliphatic heterocycles. The number of carbonyl (C=O) groups excluding carboxylic acids is 1. The third-order valence-corrected chi connectivity index (χ3v) is 3.70. The Morgan fingerprint density at radius 2 is 2.00 bits per heavy atom. The van der Waals surface area contributed by atoms with E-state index >= 15 is 0 Å². The smallest absolute Gasteiger partial charge is 0.164 e. The highest BCUT2D eigenvalue weighted by atomic mass is 79.9. The molecule has 0 aliphatic carbocycles. The van der Waals surface area contributed by atoms with Crippen molar-refractivity contribution in [1.82, 2.24) is 0 Å². The summed E-state index contributed by atoms with van der Waals surface area (Å²) in [6.45, 7) is 0. The first-order valence-electron chi connectivity index (χ1n) is 6.46. The number of benzene rings is 2. The first kappa shape index (κ1) is 15.3. The second-order valence-electron chi connectivity index (χ2n) is 4.59. The summed E-state index contributed by atoms with van der Waals surface area (Å²) in [5, 5.41) is 9.31. The minimum atomic E-state index is -0.456. The minimum Gasteiger partial charge on any atom is -0.497 e. The minimum absolute atomic E-state index is 0.0429. The highest BCUT2D eigenvalue weighted by Crippen LogP contribution is 2.24. The van der Waals surface area contributed by atoms with Crippen LogP contribution in [0.4, 0.5) is 0 Å². The van der Waals surface area contributed by atoms with E-state index < -0.39 is 5.92 Å². The number of hydrogen-bond donors (Lipinski definition) is 0. The van der Waals surface area contributed by atoms with Gasteiger partial charge in [-0.15, -0.1) is 0 Å². The lowest BCUT2D eigenvalue weighted by molar-refractivity contribution is 0.0979. The average Bonchev–Trinajstić information content (AvgIpc) is 2.52. The topological polar surface area (TPSA) is 50.1 Å². The zero-order chi connectivity index (χ0) is 15.2. The van der Waals surface area contributed by atoms with Crippen LogP contribution >= 0.6 is 15.9 Å². The van der Waals surface area contributed by atoms with Crippen LogP contribution in [0.2, 0.25) is 0 Å². The highest BCUT2D eigenvalue weighted by Gasteiger charge is 2.17. The molecule has 0 radical (unpaired) electrons. The maximum Gasteiger partial charge on any atom is 0.164 e. The maximum absolute atomic E-state index is 12.3. The first-order chi connectivity index (χ1) is 10.1. The van der Waals surface area contributed by atoms with Crippen LogP contribution in [0.5, 0.6) is 5.75 Å². The van der Waals surface area contributed by atoms with Crippen LogP contribution in [0.3, 0.4) is 0 Å². The largest absolute Gasteiger partial charge is 0.497 e. The number of nitrogens with zero attached hydrogens (tertiary/aromatic N) is 1. The Hall–Kier alpha value is -2.12. The highest BCUT2D eigenvalue weighted by molar-refractivity contribution is 9.10. The van der Waals surface area contributed by atoms with Gasteiger partial charge in [0.2, 0.25) is 0 Å². The van der Waals surface area contributed by atoms with E-state index in [4.69, 9.17) is 4.74 Å². The number of carbonyl (C=O) groups is 1. The molecule has 0 bridgehead atoms. The van der Waals surface area contributed by atoms with Gasteiger partial charge in [-0.25, -0.2) is 0 Å². The Morgan fingerprint density at radius 3 is 2.57 bits per heavy atom. The summed E-state index contributed by atoms with van der Waals surface area (Å²) in [6.07, 6.45) is 0.166. The molecule has 1 atom stereocenters. The van der Waals surface area contributed by atoms with Crippen LogP contribution < -0.4 is 4.74 Å². The number of ketones is 1. The lowest BCUT2D eigenvalue weighted by Crippen LogP contribution is -2.06.